The Bertz CT molecular complexity index is 727. The Hall–Kier alpha value is -1.05. The minimum atomic E-state index is -5.22. The molecule has 0 aliphatic rings. The summed E-state index contributed by atoms with van der Waals surface area (Å²) in [5, 5.41) is 1.54. The maximum atomic E-state index is 11.8. The summed E-state index contributed by atoms with van der Waals surface area (Å²) < 4.78 is 76.9. The van der Waals surface area contributed by atoms with Crippen molar-refractivity contribution in [3.8, 4) is 0 Å². The fraction of sp³-hybridized carbons (Fsp3) is 0.333. The van der Waals surface area contributed by atoms with Gasteiger partial charge in [0.2, 0.25) is 0 Å². The smallest absolute Gasteiger partial charge is 0.368 e. The third-order valence-corrected chi connectivity index (χ3v) is 5.50. The molecular weight excluding hydrogens is 346 g/mol. The Morgan fingerprint density at radius 2 is 1.86 bits per heavy atom. The zero-order valence-corrected chi connectivity index (χ0v) is 13.1. The first-order chi connectivity index (χ1) is 9.57. The largest absolute Gasteiger partial charge is 0.412 e. The molecule has 0 aliphatic carbocycles. The van der Waals surface area contributed by atoms with Crippen LogP contribution in [0.5, 0.6) is 0 Å². The number of rotatable bonds is 7. The van der Waals surface area contributed by atoms with Crippen molar-refractivity contribution < 1.29 is 33.8 Å². The fourth-order valence-corrected chi connectivity index (χ4v) is 3.78. The standard InChI is InChI=1S/C9H13NO8S3/c1-2-9(19(11)12)10-7-5-3-4-6-8(7)20(13,14)18-21(15,16)17/h3-6,9-10H,2H2,1H3,(H,11,12)(H,15,16,17). The van der Waals surface area contributed by atoms with Gasteiger partial charge in [-0.15, -0.1) is 3.63 Å². The lowest BCUT2D eigenvalue weighted by Crippen LogP contribution is -2.25. The van der Waals surface area contributed by atoms with E-state index in [0.717, 1.165) is 6.07 Å². The number of benzene rings is 1. The van der Waals surface area contributed by atoms with Gasteiger partial charge in [-0.1, -0.05) is 19.1 Å². The molecule has 0 fully saturated rings. The highest BCUT2D eigenvalue weighted by Crippen LogP contribution is 2.25. The van der Waals surface area contributed by atoms with Crippen LogP contribution in [0.15, 0.2) is 29.2 Å². The van der Waals surface area contributed by atoms with Crippen LogP contribution in [0.1, 0.15) is 13.3 Å². The molecule has 120 valence electrons. The first-order valence-electron chi connectivity index (χ1n) is 5.45. The highest BCUT2D eigenvalue weighted by molar-refractivity contribution is 7.97. The zero-order chi connectivity index (χ0) is 16.3. The Morgan fingerprint density at radius 1 is 1.29 bits per heavy atom. The van der Waals surface area contributed by atoms with Gasteiger partial charge in [-0.25, -0.2) is 4.21 Å². The lowest BCUT2D eigenvalue weighted by Gasteiger charge is -2.16. The fourth-order valence-electron chi connectivity index (χ4n) is 1.42. The summed E-state index contributed by atoms with van der Waals surface area (Å²) in [6.07, 6.45) is 0.205. The van der Waals surface area contributed by atoms with Crippen molar-refractivity contribution in [2.45, 2.75) is 23.6 Å². The van der Waals surface area contributed by atoms with Gasteiger partial charge in [-0.3, -0.25) is 4.55 Å². The third-order valence-electron chi connectivity index (χ3n) is 2.26. The Morgan fingerprint density at radius 3 is 2.33 bits per heavy atom. The SMILES string of the molecule is CCC(Nc1ccccc1S(=O)(=O)OS(=O)(=O)O)S(=O)O. The second-order valence-electron chi connectivity index (χ2n) is 3.76. The first-order valence-corrected chi connectivity index (χ1v) is 9.40. The molecule has 1 aromatic carbocycles. The van der Waals surface area contributed by atoms with Crippen molar-refractivity contribution in [1.82, 2.24) is 0 Å². The number of hydrogen-bond acceptors (Lipinski definition) is 7. The van der Waals surface area contributed by atoms with E-state index in [1.54, 1.807) is 6.92 Å². The Balaban J connectivity index is 3.24. The summed E-state index contributed by atoms with van der Waals surface area (Å²) >= 11 is -2.27. The summed E-state index contributed by atoms with van der Waals surface area (Å²) in [7, 11) is -10.0. The van der Waals surface area contributed by atoms with Crippen LogP contribution < -0.4 is 5.32 Å². The average molecular weight is 359 g/mol. The quantitative estimate of drug-likeness (QED) is 0.469. The maximum absolute atomic E-state index is 11.8. The summed E-state index contributed by atoms with van der Waals surface area (Å²) in [5.41, 5.74) is -0.129. The molecule has 0 aromatic heterocycles. The van der Waals surface area contributed by atoms with E-state index < -0.39 is 41.9 Å². The van der Waals surface area contributed by atoms with Gasteiger partial charge in [-0.2, -0.15) is 16.8 Å². The van der Waals surface area contributed by atoms with E-state index >= 15 is 0 Å². The molecule has 0 saturated carbocycles. The van der Waals surface area contributed by atoms with Crippen molar-refractivity contribution in [2.75, 3.05) is 5.32 Å². The van der Waals surface area contributed by atoms with Crippen molar-refractivity contribution in [2.24, 2.45) is 0 Å². The van der Waals surface area contributed by atoms with Gasteiger partial charge < -0.3 is 9.87 Å². The average Bonchev–Trinajstić information content (AvgIpc) is 2.33. The molecule has 2 atom stereocenters. The van der Waals surface area contributed by atoms with Crippen LogP contribution in [0.3, 0.4) is 0 Å². The van der Waals surface area contributed by atoms with Crippen LogP contribution in [-0.4, -0.2) is 35.5 Å². The second kappa shape index (κ2) is 6.81. The van der Waals surface area contributed by atoms with Crippen LogP contribution in [0.25, 0.3) is 0 Å². The molecule has 21 heavy (non-hydrogen) atoms. The summed E-state index contributed by atoms with van der Waals surface area (Å²) in [6.45, 7) is 1.59. The van der Waals surface area contributed by atoms with Gasteiger partial charge in [-0.05, 0) is 18.6 Å². The van der Waals surface area contributed by atoms with Gasteiger partial charge in [0.1, 0.15) is 10.3 Å². The molecule has 12 heteroatoms. The predicted molar refractivity (Wildman–Crippen MR) is 74.7 cm³/mol. The summed E-state index contributed by atoms with van der Waals surface area (Å²) in [5.74, 6) is 0. The van der Waals surface area contributed by atoms with E-state index in [1.165, 1.54) is 18.2 Å². The van der Waals surface area contributed by atoms with Gasteiger partial charge in [0.25, 0.3) is 0 Å². The molecule has 3 N–H and O–H groups in total. The normalized spacial score (nSPS) is 15.4. The molecular formula is C9H13NO8S3. The number of anilines is 1. The molecule has 2 unspecified atom stereocenters. The molecule has 0 amide bonds. The van der Waals surface area contributed by atoms with E-state index in [9.17, 15) is 21.0 Å². The lowest BCUT2D eigenvalue weighted by atomic mass is 10.3. The molecule has 0 aliphatic heterocycles. The highest BCUT2D eigenvalue weighted by atomic mass is 32.3. The predicted octanol–water partition coefficient (Wildman–Crippen LogP) is 0.564. The molecule has 0 bridgehead atoms. The topological polar surface area (TPSA) is 147 Å². The van der Waals surface area contributed by atoms with E-state index in [2.05, 4.69) is 8.95 Å². The van der Waals surface area contributed by atoms with Crippen molar-refractivity contribution in [3.05, 3.63) is 24.3 Å². The number of para-hydroxylation sites is 1. The highest BCUT2D eigenvalue weighted by Gasteiger charge is 2.27. The molecule has 1 aromatic rings. The Labute approximate surface area is 124 Å². The molecule has 0 spiro atoms. The summed E-state index contributed by atoms with van der Waals surface area (Å²) in [4.78, 5) is -0.591. The van der Waals surface area contributed by atoms with Crippen LogP contribution in [-0.2, 0) is 35.2 Å². The first kappa shape index (κ1) is 18.0. The maximum Gasteiger partial charge on any atom is 0.412 e. The van der Waals surface area contributed by atoms with Gasteiger partial charge >= 0.3 is 20.5 Å². The van der Waals surface area contributed by atoms with Gasteiger partial charge in [0.05, 0.1) is 5.69 Å². The van der Waals surface area contributed by atoms with Crippen LogP contribution in [0.4, 0.5) is 5.69 Å². The monoisotopic (exact) mass is 359 g/mol. The van der Waals surface area contributed by atoms with E-state index in [0.29, 0.717) is 0 Å². The zero-order valence-electron chi connectivity index (χ0n) is 10.7. The number of hydrogen-bond donors (Lipinski definition) is 3. The van der Waals surface area contributed by atoms with E-state index in [-0.39, 0.29) is 12.1 Å². The lowest BCUT2D eigenvalue weighted by molar-refractivity contribution is 0.383. The van der Waals surface area contributed by atoms with Crippen LogP contribution >= 0.6 is 0 Å². The van der Waals surface area contributed by atoms with Gasteiger partial charge in [0.15, 0.2) is 11.1 Å². The minimum absolute atomic E-state index is 0.129. The minimum Gasteiger partial charge on any atom is -0.368 e. The Kier molecular flexibility index (Phi) is 5.83. The summed E-state index contributed by atoms with van der Waals surface area (Å²) in [6, 6.07) is 5.01. The number of nitrogens with one attached hydrogen (secondary N) is 1. The van der Waals surface area contributed by atoms with Crippen molar-refractivity contribution in [1.29, 1.82) is 0 Å². The van der Waals surface area contributed by atoms with E-state index in [1.807, 2.05) is 0 Å². The van der Waals surface area contributed by atoms with E-state index in [4.69, 9.17) is 9.11 Å². The molecule has 0 saturated heterocycles. The third kappa shape index (κ3) is 5.33. The second-order valence-corrected chi connectivity index (χ2v) is 7.63. The van der Waals surface area contributed by atoms with Crippen LogP contribution in [0.2, 0.25) is 0 Å². The van der Waals surface area contributed by atoms with Gasteiger partial charge in [0, 0.05) is 0 Å². The van der Waals surface area contributed by atoms with Crippen molar-refractivity contribution in [3.63, 3.8) is 0 Å². The van der Waals surface area contributed by atoms with Crippen LogP contribution in [0, 0.1) is 0 Å². The molecule has 0 radical (unpaired) electrons. The molecule has 0 heterocycles. The molecule has 1 rings (SSSR count). The van der Waals surface area contributed by atoms with Crippen molar-refractivity contribution >= 4 is 37.3 Å². The molecule has 9 nitrogen and oxygen atoms in total.